The molecular formula is C21H23N3O4. The summed E-state index contributed by atoms with van der Waals surface area (Å²) in [5, 5.41) is 19.9. The number of ether oxygens (including phenoxy) is 1. The molecule has 1 saturated carbocycles. The van der Waals surface area contributed by atoms with Crippen LogP contribution in [0.5, 0.6) is 5.75 Å². The number of benzene rings is 1. The highest BCUT2D eigenvalue weighted by Gasteiger charge is 2.56. The van der Waals surface area contributed by atoms with Crippen LogP contribution < -0.4 is 9.64 Å². The lowest BCUT2D eigenvalue weighted by Gasteiger charge is -2.40. The first kappa shape index (κ1) is 17.5. The van der Waals surface area contributed by atoms with Crippen LogP contribution in [0.4, 0.5) is 11.5 Å². The van der Waals surface area contributed by atoms with Gasteiger partial charge in [0.25, 0.3) is 0 Å². The number of hydrogen-bond donors (Lipinski definition) is 2. The van der Waals surface area contributed by atoms with Crippen molar-refractivity contribution < 1.29 is 19.7 Å². The molecule has 7 nitrogen and oxygen atoms in total. The number of fused-ring (bicyclic) bond motifs is 3. The smallest absolute Gasteiger partial charge is 0.337 e. The fourth-order valence-corrected chi connectivity index (χ4v) is 4.54. The quantitative estimate of drug-likeness (QED) is 0.827. The lowest BCUT2D eigenvalue weighted by molar-refractivity contribution is 0.00378. The van der Waals surface area contributed by atoms with Gasteiger partial charge in [-0.25, -0.2) is 9.78 Å². The van der Waals surface area contributed by atoms with E-state index in [9.17, 15) is 15.0 Å². The van der Waals surface area contributed by atoms with E-state index in [1.54, 1.807) is 0 Å². The number of aliphatic hydroxyl groups excluding tert-OH is 1. The summed E-state index contributed by atoms with van der Waals surface area (Å²) >= 11 is 0. The zero-order valence-electron chi connectivity index (χ0n) is 16.1. The number of hydrogen-bond acceptors (Lipinski definition) is 6. The molecule has 1 aromatic carbocycles. The maximum absolute atomic E-state index is 11.3. The van der Waals surface area contributed by atoms with E-state index in [4.69, 9.17) is 4.74 Å². The minimum Gasteiger partial charge on any atom is -0.482 e. The number of carbonyl (C=O) groups is 1. The molecule has 7 heteroatoms. The van der Waals surface area contributed by atoms with E-state index in [1.807, 2.05) is 33.0 Å². The van der Waals surface area contributed by atoms with Gasteiger partial charge < -0.3 is 19.8 Å². The number of aromatic nitrogens is 1. The van der Waals surface area contributed by atoms with Crippen LogP contribution >= 0.6 is 0 Å². The number of anilines is 2. The molecule has 0 amide bonds. The van der Waals surface area contributed by atoms with Gasteiger partial charge in [0.2, 0.25) is 0 Å². The molecule has 2 aliphatic heterocycles. The second-order valence-electron chi connectivity index (χ2n) is 8.59. The van der Waals surface area contributed by atoms with Crippen LogP contribution in [0.1, 0.15) is 54.4 Å². The summed E-state index contributed by atoms with van der Waals surface area (Å²) in [4.78, 5) is 19.9. The van der Waals surface area contributed by atoms with E-state index in [0.29, 0.717) is 18.1 Å². The van der Waals surface area contributed by atoms with Crippen LogP contribution in [-0.4, -0.2) is 45.3 Å². The monoisotopic (exact) mass is 381 g/mol. The number of carboxylic acid groups (broad SMARTS) is 1. The van der Waals surface area contributed by atoms with Gasteiger partial charge in [0.15, 0.2) is 11.6 Å². The number of pyridine rings is 1. The number of aromatic carboxylic acids is 1. The van der Waals surface area contributed by atoms with Gasteiger partial charge in [0, 0.05) is 29.1 Å². The largest absolute Gasteiger partial charge is 0.482 e. The molecule has 5 rings (SSSR count). The van der Waals surface area contributed by atoms with Crippen molar-refractivity contribution in [3.63, 3.8) is 0 Å². The summed E-state index contributed by atoms with van der Waals surface area (Å²) in [6, 6.07) is 7.67. The van der Waals surface area contributed by atoms with Gasteiger partial charge in [-0.15, -0.1) is 0 Å². The first-order valence-electron chi connectivity index (χ1n) is 9.47. The van der Waals surface area contributed by atoms with E-state index < -0.39 is 17.8 Å². The molecule has 0 bridgehead atoms. The van der Waals surface area contributed by atoms with Crippen LogP contribution in [-0.2, 0) is 5.54 Å². The third-order valence-electron chi connectivity index (χ3n) is 6.15. The van der Waals surface area contributed by atoms with E-state index in [1.165, 1.54) is 17.8 Å². The van der Waals surface area contributed by atoms with E-state index in [2.05, 4.69) is 20.9 Å². The molecule has 2 aromatic rings. The van der Waals surface area contributed by atoms with Gasteiger partial charge in [-0.1, -0.05) is 6.07 Å². The van der Waals surface area contributed by atoms with Crippen LogP contribution in [0, 0.1) is 0 Å². The van der Waals surface area contributed by atoms with Crippen molar-refractivity contribution in [3.8, 4) is 5.75 Å². The Bertz CT molecular complexity index is 999. The van der Waals surface area contributed by atoms with Gasteiger partial charge in [0.1, 0.15) is 11.8 Å². The summed E-state index contributed by atoms with van der Waals surface area (Å²) in [7, 11) is 1.97. The Hall–Kier alpha value is -2.64. The summed E-state index contributed by atoms with van der Waals surface area (Å²) in [5.74, 6) is 0.0509. The molecule has 1 fully saturated rings. The number of nitrogens with zero attached hydrogens (tertiary/aromatic N) is 3. The Balaban J connectivity index is 1.61. The van der Waals surface area contributed by atoms with E-state index >= 15 is 0 Å². The fourth-order valence-electron chi connectivity index (χ4n) is 4.54. The van der Waals surface area contributed by atoms with Crippen molar-refractivity contribution in [2.45, 2.75) is 44.1 Å². The van der Waals surface area contributed by atoms with Crippen molar-refractivity contribution in [1.82, 2.24) is 9.88 Å². The molecule has 1 aromatic heterocycles. The molecule has 2 N–H and O–H groups in total. The average molecular weight is 381 g/mol. The highest BCUT2D eigenvalue weighted by Crippen LogP contribution is 2.59. The van der Waals surface area contributed by atoms with Gasteiger partial charge in [-0.3, -0.25) is 4.90 Å². The molecule has 3 heterocycles. The molecule has 1 spiro atoms. The third-order valence-corrected chi connectivity index (χ3v) is 6.15. The Morgan fingerprint density at radius 1 is 1.29 bits per heavy atom. The topological polar surface area (TPSA) is 86.1 Å². The predicted octanol–water partition coefficient (Wildman–Crippen LogP) is 3.01. The summed E-state index contributed by atoms with van der Waals surface area (Å²) < 4.78 is 6.03. The van der Waals surface area contributed by atoms with Crippen LogP contribution in [0.15, 0.2) is 30.5 Å². The Morgan fingerprint density at radius 3 is 2.71 bits per heavy atom. The lowest BCUT2D eigenvalue weighted by atomic mass is 10.00. The summed E-state index contributed by atoms with van der Waals surface area (Å²) in [6.45, 7) is 4.54. The van der Waals surface area contributed by atoms with Crippen molar-refractivity contribution >= 4 is 17.5 Å². The van der Waals surface area contributed by atoms with Crippen LogP contribution in [0.25, 0.3) is 0 Å². The minimum absolute atomic E-state index is 0.0595. The molecule has 1 atom stereocenters. The molecular weight excluding hydrogens is 358 g/mol. The van der Waals surface area contributed by atoms with Gasteiger partial charge in [0.05, 0.1) is 12.1 Å². The van der Waals surface area contributed by atoms with Crippen molar-refractivity contribution in [2.24, 2.45) is 0 Å². The zero-order valence-corrected chi connectivity index (χ0v) is 16.1. The fraction of sp³-hybridized carbons (Fsp3) is 0.429. The summed E-state index contributed by atoms with van der Waals surface area (Å²) in [5.41, 5.74) is 2.65. The maximum Gasteiger partial charge on any atom is 0.337 e. The number of carboxylic acids is 1. The third kappa shape index (κ3) is 2.36. The zero-order chi connectivity index (χ0) is 19.8. The van der Waals surface area contributed by atoms with Crippen molar-refractivity contribution in [1.29, 1.82) is 0 Å². The van der Waals surface area contributed by atoms with E-state index in [0.717, 1.165) is 24.1 Å². The van der Waals surface area contributed by atoms with Crippen LogP contribution in [0.2, 0.25) is 0 Å². The second-order valence-corrected chi connectivity index (χ2v) is 8.59. The van der Waals surface area contributed by atoms with Crippen molar-refractivity contribution in [3.05, 3.63) is 47.2 Å². The van der Waals surface area contributed by atoms with E-state index in [-0.39, 0.29) is 11.1 Å². The number of rotatable bonds is 2. The second kappa shape index (κ2) is 5.46. The van der Waals surface area contributed by atoms with Crippen molar-refractivity contribution in [2.75, 3.05) is 18.5 Å². The Kier molecular flexibility index (Phi) is 3.40. The molecule has 0 radical (unpaired) electrons. The summed E-state index contributed by atoms with van der Waals surface area (Å²) in [6.07, 6.45) is 2.88. The maximum atomic E-state index is 11.3. The molecule has 28 heavy (non-hydrogen) atoms. The average Bonchev–Trinajstić information content (AvgIpc) is 3.43. The highest BCUT2D eigenvalue weighted by atomic mass is 16.5. The normalized spacial score (nSPS) is 23.9. The molecule has 146 valence electrons. The van der Waals surface area contributed by atoms with Gasteiger partial charge in [-0.2, -0.15) is 0 Å². The minimum atomic E-state index is -1.03. The van der Waals surface area contributed by atoms with Crippen LogP contribution in [0.3, 0.4) is 0 Å². The lowest BCUT2D eigenvalue weighted by Crippen LogP contribution is -2.45. The SMILES string of the molecule is CN1C(O)c2ccc(N3CC(C)(C)Oc4cc(C(=O)O)cnc43)cc2C12CC2. The first-order chi connectivity index (χ1) is 13.2. The first-order valence-corrected chi connectivity index (χ1v) is 9.47. The Morgan fingerprint density at radius 2 is 2.04 bits per heavy atom. The Labute approximate surface area is 163 Å². The predicted molar refractivity (Wildman–Crippen MR) is 103 cm³/mol. The number of aliphatic hydroxyl groups is 1. The molecule has 0 saturated heterocycles. The highest BCUT2D eigenvalue weighted by molar-refractivity contribution is 5.88. The molecule has 1 unspecified atom stereocenters. The molecule has 1 aliphatic carbocycles. The molecule has 3 aliphatic rings. The standard InChI is InChI=1S/C21H23N3O4/c1-20(2)11-24(17-16(28-20)8-12(10-22-17)19(26)27)13-4-5-14-15(9-13)21(6-7-21)23(3)18(14)25/h4-5,8-10,18,25H,6-7,11H2,1-3H3,(H,26,27). The van der Waals surface area contributed by atoms with Gasteiger partial charge >= 0.3 is 5.97 Å². The van der Waals surface area contributed by atoms with Gasteiger partial charge in [-0.05, 0) is 51.4 Å².